The average molecular weight is 252 g/mol. The Morgan fingerprint density at radius 1 is 1.50 bits per heavy atom. The summed E-state index contributed by atoms with van der Waals surface area (Å²) in [6.07, 6.45) is 3.61. The van der Waals surface area contributed by atoms with E-state index in [2.05, 4.69) is 15.2 Å². The van der Waals surface area contributed by atoms with Crippen LogP contribution in [0.4, 0.5) is 0 Å². The SMILES string of the molecule is CC(N)C(Sc1nncs1)c1cccnc1. The number of nitrogens with zero attached hydrogens (tertiary/aromatic N) is 3. The Bertz CT molecular complexity index is 416. The molecule has 2 aromatic heterocycles. The summed E-state index contributed by atoms with van der Waals surface area (Å²) in [5.74, 6) is 0. The molecule has 0 aliphatic carbocycles. The lowest BCUT2D eigenvalue weighted by molar-refractivity contribution is 0.718. The number of aromatic nitrogens is 3. The molecule has 0 radical (unpaired) electrons. The standard InChI is InChI=1S/C10H12N4S2/c1-7(11)9(8-3-2-4-12-5-8)16-10-14-13-6-15-10/h2-7,9H,11H2,1H3. The van der Waals surface area contributed by atoms with Crippen molar-refractivity contribution in [3.63, 3.8) is 0 Å². The Morgan fingerprint density at radius 3 is 2.94 bits per heavy atom. The number of hydrogen-bond donors (Lipinski definition) is 1. The number of hydrogen-bond acceptors (Lipinski definition) is 6. The average Bonchev–Trinajstić information content (AvgIpc) is 2.79. The molecule has 84 valence electrons. The van der Waals surface area contributed by atoms with Gasteiger partial charge in [0.1, 0.15) is 5.51 Å². The predicted octanol–water partition coefficient (Wildman–Crippen LogP) is 2.11. The quantitative estimate of drug-likeness (QED) is 0.844. The van der Waals surface area contributed by atoms with Gasteiger partial charge in [-0.05, 0) is 18.6 Å². The molecule has 2 N–H and O–H groups in total. The number of thioether (sulfide) groups is 1. The van der Waals surface area contributed by atoms with Crippen molar-refractivity contribution in [2.75, 3.05) is 0 Å². The molecule has 0 saturated carbocycles. The van der Waals surface area contributed by atoms with Crippen LogP contribution in [-0.2, 0) is 0 Å². The van der Waals surface area contributed by atoms with Gasteiger partial charge in [0, 0.05) is 18.4 Å². The maximum absolute atomic E-state index is 5.99. The summed E-state index contributed by atoms with van der Waals surface area (Å²) < 4.78 is 0.936. The van der Waals surface area contributed by atoms with Gasteiger partial charge in [-0.25, -0.2) is 0 Å². The minimum Gasteiger partial charge on any atom is -0.327 e. The summed E-state index contributed by atoms with van der Waals surface area (Å²) in [7, 11) is 0. The maximum atomic E-state index is 5.99. The summed E-state index contributed by atoms with van der Waals surface area (Å²) in [4.78, 5) is 4.12. The lowest BCUT2D eigenvalue weighted by atomic mass is 10.1. The van der Waals surface area contributed by atoms with E-state index < -0.39 is 0 Å². The van der Waals surface area contributed by atoms with E-state index >= 15 is 0 Å². The fraction of sp³-hybridized carbons (Fsp3) is 0.300. The Hall–Kier alpha value is -0.980. The van der Waals surface area contributed by atoms with Gasteiger partial charge in [0.05, 0.1) is 5.25 Å². The van der Waals surface area contributed by atoms with E-state index in [4.69, 9.17) is 5.73 Å². The van der Waals surface area contributed by atoms with Crippen LogP contribution in [0.15, 0.2) is 34.4 Å². The molecule has 0 aliphatic heterocycles. The van der Waals surface area contributed by atoms with Gasteiger partial charge in [0.25, 0.3) is 0 Å². The summed E-state index contributed by atoms with van der Waals surface area (Å²) >= 11 is 3.16. The summed E-state index contributed by atoms with van der Waals surface area (Å²) in [5.41, 5.74) is 8.84. The molecule has 4 nitrogen and oxygen atoms in total. The molecule has 0 amide bonds. The van der Waals surface area contributed by atoms with E-state index in [1.807, 2.05) is 25.3 Å². The Labute approximate surface area is 102 Å². The third-order valence-corrected chi connectivity index (χ3v) is 4.36. The summed E-state index contributed by atoms with van der Waals surface area (Å²) in [6.45, 7) is 1.99. The van der Waals surface area contributed by atoms with Crippen LogP contribution in [0.2, 0.25) is 0 Å². The maximum Gasteiger partial charge on any atom is 0.174 e. The zero-order chi connectivity index (χ0) is 11.4. The van der Waals surface area contributed by atoms with Crippen LogP contribution in [0.25, 0.3) is 0 Å². The van der Waals surface area contributed by atoms with Gasteiger partial charge in [-0.1, -0.05) is 29.2 Å². The van der Waals surface area contributed by atoms with Gasteiger partial charge < -0.3 is 5.73 Å². The van der Waals surface area contributed by atoms with Crippen molar-refractivity contribution in [2.45, 2.75) is 22.6 Å². The first kappa shape index (κ1) is 11.5. The van der Waals surface area contributed by atoms with Gasteiger partial charge in [-0.2, -0.15) is 0 Å². The highest BCUT2D eigenvalue weighted by molar-refractivity contribution is 8.01. The van der Waals surface area contributed by atoms with Crippen LogP contribution in [0.5, 0.6) is 0 Å². The fourth-order valence-electron chi connectivity index (χ4n) is 1.35. The molecular formula is C10H12N4S2. The number of rotatable bonds is 4. The number of pyridine rings is 1. The van der Waals surface area contributed by atoms with Gasteiger partial charge in [-0.3, -0.25) is 4.98 Å². The minimum atomic E-state index is 0.0399. The largest absolute Gasteiger partial charge is 0.327 e. The van der Waals surface area contributed by atoms with E-state index in [0.29, 0.717) is 0 Å². The van der Waals surface area contributed by atoms with E-state index in [0.717, 1.165) is 9.90 Å². The monoisotopic (exact) mass is 252 g/mol. The highest BCUT2D eigenvalue weighted by Gasteiger charge is 2.19. The normalized spacial score (nSPS) is 14.6. The van der Waals surface area contributed by atoms with Crippen molar-refractivity contribution >= 4 is 23.1 Å². The fourth-order valence-corrected chi connectivity index (χ4v) is 3.09. The van der Waals surface area contributed by atoms with Crippen molar-refractivity contribution in [1.82, 2.24) is 15.2 Å². The molecule has 6 heteroatoms. The Kier molecular flexibility index (Phi) is 3.87. The van der Waals surface area contributed by atoms with Crippen molar-refractivity contribution in [1.29, 1.82) is 0 Å². The van der Waals surface area contributed by atoms with Crippen LogP contribution in [-0.4, -0.2) is 21.2 Å². The van der Waals surface area contributed by atoms with E-state index in [-0.39, 0.29) is 11.3 Å². The van der Waals surface area contributed by atoms with E-state index in [1.54, 1.807) is 23.5 Å². The van der Waals surface area contributed by atoms with Crippen LogP contribution >= 0.6 is 23.1 Å². The molecule has 0 aromatic carbocycles. The number of nitrogens with two attached hydrogens (primary N) is 1. The molecule has 0 saturated heterocycles. The van der Waals surface area contributed by atoms with Gasteiger partial charge in [0.2, 0.25) is 0 Å². The van der Waals surface area contributed by atoms with Crippen LogP contribution in [0.1, 0.15) is 17.7 Å². The molecule has 16 heavy (non-hydrogen) atoms. The zero-order valence-corrected chi connectivity index (χ0v) is 10.4. The molecule has 0 fully saturated rings. The first-order valence-corrected chi connectivity index (χ1v) is 6.61. The molecule has 0 aliphatic rings. The second kappa shape index (κ2) is 5.38. The van der Waals surface area contributed by atoms with Gasteiger partial charge in [0.15, 0.2) is 4.34 Å². The highest BCUT2D eigenvalue weighted by Crippen LogP contribution is 2.37. The van der Waals surface area contributed by atoms with Crippen molar-refractivity contribution in [3.8, 4) is 0 Å². The lowest BCUT2D eigenvalue weighted by Crippen LogP contribution is -2.22. The van der Waals surface area contributed by atoms with Crippen molar-refractivity contribution in [2.24, 2.45) is 5.73 Å². The van der Waals surface area contributed by atoms with Gasteiger partial charge >= 0.3 is 0 Å². The summed E-state index contributed by atoms with van der Waals surface area (Å²) in [5, 5.41) is 8.01. The molecule has 2 heterocycles. The molecule has 2 atom stereocenters. The molecular weight excluding hydrogens is 240 g/mol. The molecule has 0 spiro atoms. The minimum absolute atomic E-state index is 0.0399. The van der Waals surface area contributed by atoms with Crippen molar-refractivity contribution in [3.05, 3.63) is 35.6 Å². The predicted molar refractivity (Wildman–Crippen MR) is 66.4 cm³/mol. The third kappa shape index (κ3) is 2.78. The Balaban J connectivity index is 2.18. The van der Waals surface area contributed by atoms with E-state index in [1.165, 1.54) is 11.3 Å². The summed E-state index contributed by atoms with van der Waals surface area (Å²) in [6, 6.07) is 4.00. The van der Waals surface area contributed by atoms with Crippen LogP contribution in [0, 0.1) is 0 Å². The van der Waals surface area contributed by atoms with Gasteiger partial charge in [-0.15, -0.1) is 10.2 Å². The molecule has 0 bridgehead atoms. The van der Waals surface area contributed by atoms with E-state index in [9.17, 15) is 0 Å². The molecule has 2 aromatic rings. The first-order chi connectivity index (χ1) is 7.77. The first-order valence-electron chi connectivity index (χ1n) is 4.85. The highest BCUT2D eigenvalue weighted by atomic mass is 32.2. The smallest absolute Gasteiger partial charge is 0.174 e. The van der Waals surface area contributed by atoms with Crippen LogP contribution in [0.3, 0.4) is 0 Å². The third-order valence-electron chi connectivity index (χ3n) is 2.06. The lowest BCUT2D eigenvalue weighted by Gasteiger charge is -2.18. The molecule has 2 unspecified atom stereocenters. The topological polar surface area (TPSA) is 64.7 Å². The second-order valence-corrected chi connectivity index (χ2v) is 5.61. The molecule has 2 rings (SSSR count). The Morgan fingerprint density at radius 2 is 2.38 bits per heavy atom. The zero-order valence-electron chi connectivity index (χ0n) is 8.78. The second-order valence-electron chi connectivity index (χ2n) is 3.39. The van der Waals surface area contributed by atoms with Crippen molar-refractivity contribution < 1.29 is 0 Å². The van der Waals surface area contributed by atoms with Crippen LogP contribution < -0.4 is 5.73 Å².